The molecule has 2 heterocycles. The van der Waals surface area contributed by atoms with Gasteiger partial charge in [-0.15, -0.1) is 11.3 Å². The number of halogens is 2. The number of carbonyl (C=O) groups excluding carboxylic acids is 1. The van der Waals surface area contributed by atoms with E-state index >= 15 is 0 Å². The topological polar surface area (TPSA) is 78.9 Å². The highest BCUT2D eigenvalue weighted by Crippen LogP contribution is 2.30. The number of benzene rings is 2. The minimum absolute atomic E-state index is 0.0882. The molecule has 158 valence electrons. The molecule has 8 heteroatoms. The summed E-state index contributed by atoms with van der Waals surface area (Å²) in [5.74, 6) is 0.381. The van der Waals surface area contributed by atoms with Crippen LogP contribution in [0, 0.1) is 11.3 Å². The highest BCUT2D eigenvalue weighted by atomic mass is 79.9. The molecule has 0 saturated heterocycles. The first kappa shape index (κ1) is 22.0. The molecule has 0 saturated carbocycles. The Morgan fingerprint density at radius 2 is 1.97 bits per heavy atom. The fraction of sp³-hybridized carbons (Fsp3) is 0.0417. The Hall–Kier alpha value is -3.18. The van der Waals surface area contributed by atoms with E-state index in [0.29, 0.717) is 28.1 Å². The van der Waals surface area contributed by atoms with Crippen LogP contribution >= 0.6 is 38.9 Å². The number of aromatic nitrogens is 1. The van der Waals surface area contributed by atoms with Crippen LogP contribution in [-0.4, -0.2) is 10.9 Å². The van der Waals surface area contributed by atoms with Crippen molar-refractivity contribution in [3.05, 3.63) is 98.1 Å². The monoisotopic (exact) mass is 523 g/mol. The molecule has 0 spiro atoms. The summed E-state index contributed by atoms with van der Waals surface area (Å²) in [7, 11) is 0. The van der Waals surface area contributed by atoms with Crippen LogP contribution in [-0.2, 0) is 11.2 Å². The van der Waals surface area contributed by atoms with Crippen LogP contribution in [0.25, 0.3) is 17.4 Å². The van der Waals surface area contributed by atoms with Gasteiger partial charge in [-0.2, -0.15) is 5.26 Å². The summed E-state index contributed by atoms with van der Waals surface area (Å²) < 4.78 is 6.77. The van der Waals surface area contributed by atoms with E-state index in [1.54, 1.807) is 24.4 Å². The Morgan fingerprint density at radius 1 is 1.19 bits per heavy atom. The Kier molecular flexibility index (Phi) is 6.86. The van der Waals surface area contributed by atoms with Crippen LogP contribution in [0.3, 0.4) is 0 Å². The summed E-state index contributed by atoms with van der Waals surface area (Å²) in [5.41, 5.74) is 1.78. The number of nitriles is 1. The van der Waals surface area contributed by atoms with E-state index < -0.39 is 5.91 Å². The number of amides is 1. The molecule has 2 aromatic heterocycles. The number of carbonyl (C=O) groups is 1. The number of nitrogens with zero attached hydrogens (tertiary/aromatic N) is 2. The fourth-order valence-corrected chi connectivity index (χ4v) is 4.28. The second-order valence-electron chi connectivity index (χ2n) is 6.74. The second kappa shape index (κ2) is 9.96. The molecule has 5 nitrogen and oxygen atoms in total. The molecule has 2 aromatic carbocycles. The van der Waals surface area contributed by atoms with Crippen LogP contribution in [0.2, 0.25) is 5.02 Å². The van der Waals surface area contributed by atoms with Gasteiger partial charge in [-0.05, 0) is 42.0 Å². The quantitative estimate of drug-likeness (QED) is 0.218. The number of hydrogen-bond acceptors (Lipinski definition) is 5. The third-order valence-electron chi connectivity index (χ3n) is 4.48. The molecular formula is C24H15BrClN3O2S. The van der Waals surface area contributed by atoms with E-state index in [1.807, 2.05) is 48.5 Å². The highest BCUT2D eigenvalue weighted by molar-refractivity contribution is 9.10. The molecule has 0 aliphatic heterocycles. The van der Waals surface area contributed by atoms with E-state index in [-0.39, 0.29) is 5.57 Å². The van der Waals surface area contributed by atoms with Crippen LogP contribution < -0.4 is 5.32 Å². The lowest BCUT2D eigenvalue weighted by atomic mass is 10.1. The van der Waals surface area contributed by atoms with Gasteiger partial charge in [-0.3, -0.25) is 10.1 Å². The smallest absolute Gasteiger partial charge is 0.268 e. The molecule has 4 rings (SSSR count). The predicted molar refractivity (Wildman–Crippen MR) is 130 cm³/mol. The van der Waals surface area contributed by atoms with Gasteiger partial charge in [-0.1, -0.05) is 51.8 Å². The van der Waals surface area contributed by atoms with E-state index in [9.17, 15) is 10.1 Å². The van der Waals surface area contributed by atoms with Crippen LogP contribution in [0.1, 0.15) is 16.2 Å². The maximum Gasteiger partial charge on any atom is 0.268 e. The van der Waals surface area contributed by atoms with Crippen molar-refractivity contribution in [1.29, 1.82) is 5.26 Å². The van der Waals surface area contributed by atoms with Crippen molar-refractivity contribution in [3.63, 3.8) is 0 Å². The molecule has 32 heavy (non-hydrogen) atoms. The van der Waals surface area contributed by atoms with E-state index in [0.717, 1.165) is 20.5 Å². The number of hydrogen-bond donors (Lipinski definition) is 1. The molecule has 0 atom stereocenters. The van der Waals surface area contributed by atoms with Crippen molar-refractivity contribution in [1.82, 2.24) is 4.98 Å². The van der Waals surface area contributed by atoms with Crippen LogP contribution in [0.15, 0.2) is 81.3 Å². The first-order valence-corrected chi connectivity index (χ1v) is 11.5. The molecule has 0 aliphatic rings. The van der Waals surface area contributed by atoms with Gasteiger partial charge in [0.25, 0.3) is 5.91 Å². The fourth-order valence-electron chi connectivity index (χ4n) is 2.94. The molecule has 0 unspecified atom stereocenters. The van der Waals surface area contributed by atoms with E-state index in [2.05, 4.69) is 26.2 Å². The Labute approximate surface area is 202 Å². The molecule has 1 N–H and O–H groups in total. The van der Waals surface area contributed by atoms with E-state index in [4.69, 9.17) is 16.0 Å². The largest absolute Gasteiger partial charge is 0.457 e. The zero-order valence-electron chi connectivity index (χ0n) is 16.5. The van der Waals surface area contributed by atoms with Gasteiger partial charge in [0.2, 0.25) is 0 Å². The molecule has 0 bridgehead atoms. The minimum atomic E-state index is -0.548. The molecule has 1 amide bonds. The maximum atomic E-state index is 12.6. The Bertz CT molecular complexity index is 1340. The van der Waals surface area contributed by atoms with E-state index in [1.165, 1.54) is 17.4 Å². The minimum Gasteiger partial charge on any atom is -0.457 e. The predicted octanol–water partition coefficient (Wildman–Crippen LogP) is 6.96. The molecule has 0 aliphatic carbocycles. The first-order chi connectivity index (χ1) is 15.5. The SMILES string of the molecule is N#C/C(=C/c1ccc(-c2ccccc2Cl)o1)C(=O)Nc1ncc(Cc2ccc(Br)cc2)s1. The Morgan fingerprint density at radius 3 is 2.72 bits per heavy atom. The average Bonchev–Trinajstić information content (AvgIpc) is 3.43. The van der Waals surface area contributed by atoms with Gasteiger partial charge in [0.1, 0.15) is 23.2 Å². The summed E-state index contributed by atoms with van der Waals surface area (Å²) in [6.07, 6.45) is 3.82. The number of furan rings is 1. The number of thiazole rings is 1. The summed E-state index contributed by atoms with van der Waals surface area (Å²) >= 11 is 11.0. The summed E-state index contributed by atoms with van der Waals surface area (Å²) in [5, 5.41) is 13.1. The first-order valence-electron chi connectivity index (χ1n) is 9.49. The third-order valence-corrected chi connectivity index (χ3v) is 6.25. The Balaban J connectivity index is 1.45. The number of rotatable bonds is 6. The third kappa shape index (κ3) is 5.35. The van der Waals surface area contributed by atoms with Crippen molar-refractivity contribution < 1.29 is 9.21 Å². The molecule has 0 fully saturated rings. The molecule has 0 radical (unpaired) electrons. The second-order valence-corrected chi connectivity index (χ2v) is 9.18. The summed E-state index contributed by atoms with van der Waals surface area (Å²) in [4.78, 5) is 17.8. The van der Waals surface area contributed by atoms with Gasteiger partial charge < -0.3 is 4.42 Å². The van der Waals surface area contributed by atoms with Crippen LogP contribution in [0.4, 0.5) is 5.13 Å². The van der Waals surface area contributed by atoms with Crippen molar-refractivity contribution in [2.24, 2.45) is 0 Å². The molecular weight excluding hydrogens is 510 g/mol. The zero-order valence-corrected chi connectivity index (χ0v) is 19.7. The number of nitrogens with one attached hydrogen (secondary N) is 1. The van der Waals surface area contributed by atoms with Gasteiger partial charge in [0, 0.05) is 33.6 Å². The lowest BCUT2D eigenvalue weighted by Gasteiger charge is -2.00. The lowest BCUT2D eigenvalue weighted by molar-refractivity contribution is -0.112. The van der Waals surface area contributed by atoms with Crippen LogP contribution in [0.5, 0.6) is 0 Å². The maximum absolute atomic E-state index is 12.6. The average molecular weight is 525 g/mol. The van der Waals surface area contributed by atoms with Crippen molar-refractivity contribution in [3.8, 4) is 17.4 Å². The van der Waals surface area contributed by atoms with Gasteiger partial charge in [-0.25, -0.2) is 4.98 Å². The standard InChI is InChI=1S/C24H15BrClN3O2S/c25-17-7-5-15(6-8-17)11-19-14-28-24(32-19)29-23(30)16(13-27)12-18-9-10-22(31-18)20-3-1-2-4-21(20)26/h1-10,12,14H,11H2,(H,28,29,30)/b16-12-. The van der Waals surface area contributed by atoms with Gasteiger partial charge >= 0.3 is 0 Å². The normalized spacial score (nSPS) is 11.2. The summed E-state index contributed by atoms with van der Waals surface area (Å²) in [6, 6.07) is 20.6. The van der Waals surface area contributed by atoms with Gasteiger partial charge in [0.05, 0.1) is 5.02 Å². The molecule has 4 aromatic rings. The van der Waals surface area contributed by atoms with Gasteiger partial charge in [0.15, 0.2) is 5.13 Å². The number of anilines is 1. The summed E-state index contributed by atoms with van der Waals surface area (Å²) in [6.45, 7) is 0. The van der Waals surface area contributed by atoms with Crippen molar-refractivity contribution in [2.45, 2.75) is 6.42 Å². The lowest BCUT2D eigenvalue weighted by Crippen LogP contribution is -2.13. The highest BCUT2D eigenvalue weighted by Gasteiger charge is 2.14. The van der Waals surface area contributed by atoms with Crippen molar-refractivity contribution in [2.75, 3.05) is 5.32 Å². The zero-order chi connectivity index (χ0) is 22.5. The van der Waals surface area contributed by atoms with Crippen molar-refractivity contribution >= 4 is 56.0 Å².